The minimum absolute atomic E-state index is 0.107. The quantitative estimate of drug-likeness (QED) is 0.852. The van der Waals surface area contributed by atoms with E-state index in [4.69, 9.17) is 4.74 Å². The molecule has 3 rings (SSSR count). The lowest BCUT2D eigenvalue weighted by Crippen LogP contribution is -2.26. The van der Waals surface area contributed by atoms with Gasteiger partial charge in [0.1, 0.15) is 0 Å². The second kappa shape index (κ2) is 4.39. The number of carbonyl (C=O) groups excluding carboxylic acids is 1. The Labute approximate surface area is 110 Å². The number of nitrogens with one attached hydrogen (secondary N) is 1. The van der Waals surface area contributed by atoms with Gasteiger partial charge in [0.05, 0.1) is 5.69 Å². The second-order valence-corrected chi connectivity index (χ2v) is 4.54. The predicted molar refractivity (Wildman–Crippen MR) is 70.7 cm³/mol. The van der Waals surface area contributed by atoms with E-state index < -0.39 is 5.82 Å². The van der Waals surface area contributed by atoms with Crippen molar-refractivity contribution in [3.63, 3.8) is 0 Å². The molecule has 0 bridgehead atoms. The normalized spacial score (nSPS) is 13.5. The van der Waals surface area contributed by atoms with Crippen LogP contribution in [0.25, 0.3) is 11.1 Å². The largest absolute Gasteiger partial charge is 0.478 e. The number of amides is 1. The summed E-state index contributed by atoms with van der Waals surface area (Å²) in [5, 5.41) is 2.62. The van der Waals surface area contributed by atoms with Gasteiger partial charge in [-0.1, -0.05) is 29.8 Å². The number of hydrogen-bond acceptors (Lipinski definition) is 2. The molecule has 1 aliphatic heterocycles. The number of halogens is 1. The SMILES string of the molecule is Cc1cccc(-c2cc(F)c3c(c2)NC(=O)CO3)c1. The summed E-state index contributed by atoms with van der Waals surface area (Å²) < 4.78 is 19.1. The van der Waals surface area contributed by atoms with Gasteiger partial charge in [-0.15, -0.1) is 0 Å². The van der Waals surface area contributed by atoms with E-state index in [9.17, 15) is 9.18 Å². The second-order valence-electron chi connectivity index (χ2n) is 4.54. The monoisotopic (exact) mass is 257 g/mol. The third-order valence-corrected chi connectivity index (χ3v) is 3.02. The van der Waals surface area contributed by atoms with E-state index in [1.807, 2.05) is 31.2 Å². The summed E-state index contributed by atoms with van der Waals surface area (Å²) >= 11 is 0. The van der Waals surface area contributed by atoms with Crippen molar-refractivity contribution in [2.75, 3.05) is 11.9 Å². The first-order chi connectivity index (χ1) is 9.13. The van der Waals surface area contributed by atoms with Gasteiger partial charge >= 0.3 is 0 Å². The van der Waals surface area contributed by atoms with E-state index in [-0.39, 0.29) is 18.3 Å². The smallest absolute Gasteiger partial charge is 0.262 e. The summed E-state index contributed by atoms with van der Waals surface area (Å²) in [5.41, 5.74) is 3.09. The van der Waals surface area contributed by atoms with Crippen LogP contribution < -0.4 is 10.1 Å². The Morgan fingerprint density at radius 1 is 1.21 bits per heavy atom. The molecule has 1 N–H and O–H groups in total. The first-order valence-corrected chi connectivity index (χ1v) is 5.97. The number of anilines is 1. The summed E-state index contributed by atoms with van der Waals surface area (Å²) in [6, 6.07) is 10.9. The molecule has 0 fully saturated rings. The van der Waals surface area contributed by atoms with Crippen LogP contribution in [-0.4, -0.2) is 12.5 Å². The van der Waals surface area contributed by atoms with Gasteiger partial charge in [0, 0.05) is 0 Å². The van der Waals surface area contributed by atoms with Gasteiger partial charge in [-0.25, -0.2) is 4.39 Å². The summed E-state index contributed by atoms with van der Waals surface area (Å²) in [6.07, 6.45) is 0. The van der Waals surface area contributed by atoms with Crippen molar-refractivity contribution in [2.24, 2.45) is 0 Å². The number of ether oxygens (including phenoxy) is 1. The Morgan fingerprint density at radius 2 is 2.05 bits per heavy atom. The van der Waals surface area contributed by atoms with Crippen LogP contribution in [0, 0.1) is 12.7 Å². The van der Waals surface area contributed by atoms with E-state index in [0.29, 0.717) is 11.3 Å². The number of hydrogen-bond donors (Lipinski definition) is 1. The summed E-state index contributed by atoms with van der Waals surface area (Å²) in [4.78, 5) is 11.3. The van der Waals surface area contributed by atoms with E-state index in [2.05, 4.69) is 5.32 Å². The first-order valence-electron chi connectivity index (χ1n) is 5.97. The van der Waals surface area contributed by atoms with Crippen LogP contribution in [0.3, 0.4) is 0 Å². The van der Waals surface area contributed by atoms with Gasteiger partial charge in [0.15, 0.2) is 18.2 Å². The van der Waals surface area contributed by atoms with E-state index in [1.54, 1.807) is 6.07 Å². The number of aryl methyl sites for hydroxylation is 1. The molecule has 2 aromatic carbocycles. The molecule has 0 radical (unpaired) electrons. The fourth-order valence-corrected chi connectivity index (χ4v) is 2.15. The maximum absolute atomic E-state index is 14.0. The van der Waals surface area contributed by atoms with Crippen molar-refractivity contribution in [3.05, 3.63) is 47.8 Å². The van der Waals surface area contributed by atoms with Crippen molar-refractivity contribution < 1.29 is 13.9 Å². The van der Waals surface area contributed by atoms with Crippen LogP contribution >= 0.6 is 0 Å². The maximum Gasteiger partial charge on any atom is 0.262 e. The summed E-state index contributed by atoms with van der Waals surface area (Å²) in [6.45, 7) is 1.83. The highest BCUT2D eigenvalue weighted by Gasteiger charge is 2.20. The fourth-order valence-electron chi connectivity index (χ4n) is 2.15. The summed E-state index contributed by atoms with van der Waals surface area (Å²) in [5.74, 6) is -0.627. The minimum atomic E-state index is -0.464. The minimum Gasteiger partial charge on any atom is -0.478 e. The molecule has 3 nitrogen and oxygen atoms in total. The lowest BCUT2D eigenvalue weighted by molar-refractivity contribution is -0.118. The molecule has 0 unspecified atom stereocenters. The van der Waals surface area contributed by atoms with Crippen LogP contribution in [-0.2, 0) is 4.79 Å². The fraction of sp³-hybridized carbons (Fsp3) is 0.133. The molecule has 0 atom stereocenters. The topological polar surface area (TPSA) is 38.3 Å². The van der Waals surface area contributed by atoms with Gasteiger partial charge in [-0.05, 0) is 30.2 Å². The first kappa shape index (κ1) is 11.7. The zero-order valence-corrected chi connectivity index (χ0v) is 10.4. The Bertz CT molecular complexity index is 667. The van der Waals surface area contributed by atoms with Crippen molar-refractivity contribution in [1.82, 2.24) is 0 Å². The van der Waals surface area contributed by atoms with Crippen LogP contribution in [0.1, 0.15) is 5.56 Å². The molecule has 19 heavy (non-hydrogen) atoms. The third kappa shape index (κ3) is 2.17. The molecule has 0 saturated heterocycles. The molecule has 1 aliphatic rings. The molecular formula is C15H12FNO2. The predicted octanol–water partition coefficient (Wildman–Crippen LogP) is 3.13. The molecule has 4 heteroatoms. The van der Waals surface area contributed by atoms with Crippen LogP contribution in [0.5, 0.6) is 5.75 Å². The molecule has 0 spiro atoms. The highest BCUT2D eigenvalue weighted by Crippen LogP contribution is 2.35. The highest BCUT2D eigenvalue weighted by molar-refractivity contribution is 5.96. The van der Waals surface area contributed by atoms with Crippen molar-refractivity contribution in [3.8, 4) is 16.9 Å². The Kier molecular flexibility index (Phi) is 2.71. The third-order valence-electron chi connectivity index (χ3n) is 3.02. The number of carbonyl (C=O) groups is 1. The average Bonchev–Trinajstić information content (AvgIpc) is 2.38. The number of benzene rings is 2. The molecule has 0 aliphatic carbocycles. The Hall–Kier alpha value is -2.36. The van der Waals surface area contributed by atoms with Gasteiger partial charge in [-0.2, -0.15) is 0 Å². The zero-order valence-electron chi connectivity index (χ0n) is 10.4. The standard InChI is InChI=1S/C15H12FNO2/c1-9-3-2-4-10(5-9)11-6-12(16)15-13(7-11)17-14(18)8-19-15/h2-7H,8H2,1H3,(H,17,18). The van der Waals surface area contributed by atoms with Crippen LogP contribution in [0.15, 0.2) is 36.4 Å². The Balaban J connectivity index is 2.11. The van der Waals surface area contributed by atoms with Gasteiger partial charge in [-0.3, -0.25) is 4.79 Å². The number of fused-ring (bicyclic) bond motifs is 1. The van der Waals surface area contributed by atoms with E-state index in [0.717, 1.165) is 11.1 Å². The molecular weight excluding hydrogens is 245 g/mol. The zero-order chi connectivity index (χ0) is 13.4. The molecule has 0 aromatic heterocycles. The van der Waals surface area contributed by atoms with Crippen LogP contribution in [0.4, 0.5) is 10.1 Å². The Morgan fingerprint density at radius 3 is 2.84 bits per heavy atom. The average molecular weight is 257 g/mol. The lowest BCUT2D eigenvalue weighted by Gasteiger charge is -2.19. The highest BCUT2D eigenvalue weighted by atomic mass is 19.1. The lowest BCUT2D eigenvalue weighted by atomic mass is 10.0. The van der Waals surface area contributed by atoms with Crippen molar-refractivity contribution >= 4 is 11.6 Å². The number of rotatable bonds is 1. The molecule has 1 amide bonds. The molecule has 2 aromatic rings. The molecule has 1 heterocycles. The van der Waals surface area contributed by atoms with Crippen molar-refractivity contribution in [2.45, 2.75) is 6.92 Å². The molecule has 96 valence electrons. The summed E-state index contributed by atoms with van der Waals surface area (Å²) in [7, 11) is 0. The molecule has 0 saturated carbocycles. The van der Waals surface area contributed by atoms with E-state index in [1.165, 1.54) is 6.07 Å². The van der Waals surface area contributed by atoms with E-state index >= 15 is 0 Å². The van der Waals surface area contributed by atoms with Gasteiger partial charge in [0.2, 0.25) is 0 Å². The van der Waals surface area contributed by atoms with Gasteiger partial charge in [0.25, 0.3) is 5.91 Å². The maximum atomic E-state index is 14.0. The van der Waals surface area contributed by atoms with Crippen LogP contribution in [0.2, 0.25) is 0 Å². The van der Waals surface area contributed by atoms with Gasteiger partial charge < -0.3 is 10.1 Å². The van der Waals surface area contributed by atoms with Crippen molar-refractivity contribution in [1.29, 1.82) is 0 Å².